The molecule has 0 amide bonds. The summed E-state index contributed by atoms with van der Waals surface area (Å²) in [6.07, 6.45) is 0. The predicted molar refractivity (Wildman–Crippen MR) is 85.5 cm³/mol. The van der Waals surface area contributed by atoms with Crippen molar-refractivity contribution in [3.05, 3.63) is 18.2 Å². The van der Waals surface area contributed by atoms with E-state index in [1.165, 1.54) is 5.69 Å². The van der Waals surface area contributed by atoms with Crippen molar-refractivity contribution in [1.29, 1.82) is 0 Å². The maximum absolute atomic E-state index is 5.74. The average Bonchev–Trinajstić information content (AvgIpc) is 2.45. The van der Waals surface area contributed by atoms with E-state index in [-0.39, 0.29) is 5.54 Å². The quantitative estimate of drug-likeness (QED) is 0.908. The minimum Gasteiger partial charge on any atom is -0.486 e. The summed E-state index contributed by atoms with van der Waals surface area (Å²) in [5.74, 6) is 2.33. The number of fused-ring (bicyclic) bond motifs is 1. The monoisotopic (exact) mass is 290 g/mol. The molecule has 0 saturated carbocycles. The fourth-order valence-electron chi connectivity index (χ4n) is 3.18. The Hall–Kier alpha value is -1.42. The van der Waals surface area contributed by atoms with Crippen LogP contribution in [0.4, 0.5) is 5.69 Å². The summed E-state index contributed by atoms with van der Waals surface area (Å²) in [5, 5.41) is 3.65. The maximum atomic E-state index is 5.74. The third-order valence-electron chi connectivity index (χ3n) is 4.38. The second-order valence-electron chi connectivity index (χ2n) is 7.03. The Morgan fingerprint density at radius 2 is 1.90 bits per heavy atom. The molecule has 2 heterocycles. The Kier molecular flexibility index (Phi) is 3.74. The molecule has 3 rings (SSSR count). The largest absolute Gasteiger partial charge is 0.486 e. The highest BCUT2D eigenvalue weighted by Crippen LogP contribution is 2.36. The molecule has 1 unspecified atom stereocenters. The molecule has 1 fully saturated rings. The third kappa shape index (κ3) is 2.95. The van der Waals surface area contributed by atoms with Crippen molar-refractivity contribution in [3.63, 3.8) is 0 Å². The first-order chi connectivity index (χ1) is 9.96. The molecule has 0 aliphatic carbocycles. The number of ether oxygens (including phenoxy) is 2. The highest BCUT2D eigenvalue weighted by atomic mass is 16.6. The molecule has 4 heteroatoms. The molecule has 2 aliphatic heterocycles. The number of nitrogens with one attached hydrogen (secondary N) is 1. The lowest BCUT2D eigenvalue weighted by Gasteiger charge is -2.47. The third-order valence-corrected chi connectivity index (χ3v) is 4.38. The van der Waals surface area contributed by atoms with E-state index in [2.05, 4.69) is 50.0 Å². The Labute approximate surface area is 127 Å². The first-order valence-corrected chi connectivity index (χ1v) is 7.88. The Morgan fingerprint density at radius 1 is 1.19 bits per heavy atom. The van der Waals surface area contributed by atoms with Gasteiger partial charge in [0.05, 0.1) is 0 Å². The van der Waals surface area contributed by atoms with Crippen molar-refractivity contribution >= 4 is 5.69 Å². The maximum Gasteiger partial charge on any atom is 0.163 e. The van der Waals surface area contributed by atoms with Crippen LogP contribution in [0.25, 0.3) is 0 Å². The van der Waals surface area contributed by atoms with E-state index in [9.17, 15) is 0 Å². The SMILES string of the molecule is CC(C)C1CNC(C)(C)CN1c1ccc2c(c1)OCCO2. The molecule has 1 saturated heterocycles. The van der Waals surface area contributed by atoms with Crippen molar-refractivity contribution in [1.82, 2.24) is 5.32 Å². The number of piperazine rings is 1. The fourth-order valence-corrected chi connectivity index (χ4v) is 3.18. The van der Waals surface area contributed by atoms with Gasteiger partial charge in [-0.05, 0) is 31.9 Å². The summed E-state index contributed by atoms with van der Waals surface area (Å²) < 4.78 is 11.4. The molecule has 21 heavy (non-hydrogen) atoms. The number of nitrogens with zero attached hydrogens (tertiary/aromatic N) is 1. The lowest BCUT2D eigenvalue weighted by atomic mass is 9.92. The predicted octanol–water partition coefficient (Wildman–Crippen LogP) is 2.67. The normalized spacial score (nSPS) is 24.2. The molecule has 116 valence electrons. The minimum absolute atomic E-state index is 0.124. The smallest absolute Gasteiger partial charge is 0.163 e. The van der Waals surface area contributed by atoms with Crippen LogP contribution in [-0.2, 0) is 0 Å². The van der Waals surface area contributed by atoms with Crippen LogP contribution in [0.1, 0.15) is 27.7 Å². The summed E-state index contributed by atoms with van der Waals surface area (Å²) in [6.45, 7) is 12.4. The van der Waals surface area contributed by atoms with Crippen molar-refractivity contribution < 1.29 is 9.47 Å². The van der Waals surface area contributed by atoms with Gasteiger partial charge in [0.15, 0.2) is 11.5 Å². The van der Waals surface area contributed by atoms with E-state index in [1.807, 2.05) is 6.07 Å². The standard InChI is InChI=1S/C17H26N2O2/c1-12(2)14-10-18-17(3,4)11-19(14)13-5-6-15-16(9-13)21-8-7-20-15/h5-6,9,12,14,18H,7-8,10-11H2,1-4H3. The molecule has 2 aliphatic rings. The molecular weight excluding hydrogens is 264 g/mol. The summed E-state index contributed by atoms with van der Waals surface area (Å²) >= 11 is 0. The van der Waals surface area contributed by atoms with E-state index in [1.54, 1.807) is 0 Å². The van der Waals surface area contributed by atoms with Gasteiger partial charge in [-0.3, -0.25) is 0 Å². The zero-order valence-electron chi connectivity index (χ0n) is 13.5. The zero-order chi connectivity index (χ0) is 15.0. The van der Waals surface area contributed by atoms with Gasteiger partial charge in [-0.1, -0.05) is 13.8 Å². The summed E-state index contributed by atoms with van der Waals surface area (Å²) in [4.78, 5) is 2.51. The fraction of sp³-hybridized carbons (Fsp3) is 0.647. The number of anilines is 1. The lowest BCUT2D eigenvalue weighted by Crippen LogP contribution is -2.63. The van der Waals surface area contributed by atoms with Crippen LogP contribution >= 0.6 is 0 Å². The molecule has 0 radical (unpaired) electrons. The average molecular weight is 290 g/mol. The molecule has 0 bridgehead atoms. The zero-order valence-corrected chi connectivity index (χ0v) is 13.5. The topological polar surface area (TPSA) is 33.7 Å². The van der Waals surface area contributed by atoms with Crippen LogP contribution in [0.3, 0.4) is 0 Å². The van der Waals surface area contributed by atoms with Crippen molar-refractivity contribution in [2.75, 3.05) is 31.2 Å². The van der Waals surface area contributed by atoms with Crippen molar-refractivity contribution in [3.8, 4) is 11.5 Å². The number of hydrogen-bond donors (Lipinski definition) is 1. The van der Waals surface area contributed by atoms with Crippen LogP contribution in [0, 0.1) is 5.92 Å². The highest BCUT2D eigenvalue weighted by molar-refractivity contribution is 5.58. The van der Waals surface area contributed by atoms with Crippen LogP contribution < -0.4 is 19.7 Å². The molecule has 4 nitrogen and oxygen atoms in total. The Balaban J connectivity index is 1.91. The number of rotatable bonds is 2. The van der Waals surface area contributed by atoms with Gasteiger partial charge in [-0.25, -0.2) is 0 Å². The lowest BCUT2D eigenvalue weighted by molar-refractivity contribution is 0.171. The molecule has 0 aromatic heterocycles. The molecule has 1 atom stereocenters. The van der Waals surface area contributed by atoms with Crippen molar-refractivity contribution in [2.45, 2.75) is 39.3 Å². The van der Waals surface area contributed by atoms with E-state index in [4.69, 9.17) is 9.47 Å². The molecule has 1 N–H and O–H groups in total. The highest BCUT2D eigenvalue weighted by Gasteiger charge is 2.34. The molecule has 1 aromatic rings. The van der Waals surface area contributed by atoms with Gasteiger partial charge < -0.3 is 19.7 Å². The first kappa shape index (κ1) is 14.5. The number of hydrogen-bond acceptors (Lipinski definition) is 4. The summed E-state index contributed by atoms with van der Waals surface area (Å²) in [6, 6.07) is 6.83. The van der Waals surface area contributed by atoms with Crippen LogP contribution in [0.15, 0.2) is 18.2 Å². The summed E-state index contributed by atoms with van der Waals surface area (Å²) in [7, 11) is 0. The molecule has 1 aromatic carbocycles. The van der Waals surface area contributed by atoms with Gasteiger partial charge >= 0.3 is 0 Å². The van der Waals surface area contributed by atoms with Gasteiger partial charge in [0, 0.05) is 36.4 Å². The minimum atomic E-state index is 0.124. The second-order valence-corrected chi connectivity index (χ2v) is 7.03. The van der Waals surface area contributed by atoms with E-state index in [0.29, 0.717) is 25.2 Å². The van der Waals surface area contributed by atoms with Gasteiger partial charge in [0.2, 0.25) is 0 Å². The van der Waals surface area contributed by atoms with Gasteiger partial charge in [0.1, 0.15) is 13.2 Å². The van der Waals surface area contributed by atoms with Crippen LogP contribution in [0.5, 0.6) is 11.5 Å². The van der Waals surface area contributed by atoms with E-state index >= 15 is 0 Å². The number of benzene rings is 1. The first-order valence-electron chi connectivity index (χ1n) is 7.88. The van der Waals surface area contributed by atoms with E-state index < -0.39 is 0 Å². The molecule has 0 spiro atoms. The van der Waals surface area contributed by atoms with Gasteiger partial charge in [-0.2, -0.15) is 0 Å². The second kappa shape index (κ2) is 5.41. The van der Waals surface area contributed by atoms with Crippen LogP contribution in [-0.4, -0.2) is 37.9 Å². The van der Waals surface area contributed by atoms with Gasteiger partial charge in [-0.15, -0.1) is 0 Å². The van der Waals surface area contributed by atoms with Crippen LogP contribution in [0.2, 0.25) is 0 Å². The Morgan fingerprint density at radius 3 is 2.62 bits per heavy atom. The van der Waals surface area contributed by atoms with Crippen molar-refractivity contribution in [2.24, 2.45) is 5.92 Å². The summed E-state index contributed by atoms with van der Waals surface area (Å²) in [5.41, 5.74) is 1.35. The van der Waals surface area contributed by atoms with E-state index in [0.717, 1.165) is 24.6 Å². The molecular formula is C17H26N2O2. The Bertz CT molecular complexity index is 514. The van der Waals surface area contributed by atoms with Gasteiger partial charge in [0.25, 0.3) is 0 Å².